The van der Waals surface area contributed by atoms with Crippen LogP contribution in [0.2, 0.25) is 0 Å². The standard InChI is InChI=1S/C20H14N3O5PS/c21-15-1-7-18(8-2-15)26-29(30,27-19-9-3-16(4-10-19)22-13-24)28-20-11-5-17(6-12-20)23-14-25/h1-12H,21H2. The number of rotatable bonds is 8. The second-order valence-corrected chi connectivity index (χ2v) is 8.47. The van der Waals surface area contributed by atoms with Crippen molar-refractivity contribution in [3.63, 3.8) is 0 Å². The summed E-state index contributed by atoms with van der Waals surface area (Å²) >= 11 is 5.59. The first-order valence-electron chi connectivity index (χ1n) is 8.40. The summed E-state index contributed by atoms with van der Waals surface area (Å²) in [7, 11) is 0. The molecule has 0 saturated carbocycles. The largest absolute Gasteiger partial charge is 0.490 e. The third kappa shape index (κ3) is 5.88. The SMILES string of the molecule is Nc1ccc(OP(=S)(Oc2ccc(N=C=O)cc2)Oc2ccc(N=C=O)cc2)cc1. The molecule has 3 aromatic carbocycles. The van der Waals surface area contributed by atoms with Crippen molar-refractivity contribution in [3.8, 4) is 17.2 Å². The van der Waals surface area contributed by atoms with Gasteiger partial charge in [0.1, 0.15) is 17.2 Å². The monoisotopic (exact) mass is 439 g/mol. The predicted molar refractivity (Wildman–Crippen MR) is 115 cm³/mol. The van der Waals surface area contributed by atoms with E-state index in [1.807, 2.05) is 0 Å². The molecule has 2 N–H and O–H groups in total. The minimum atomic E-state index is -3.38. The molecule has 0 amide bonds. The maximum atomic E-state index is 10.4. The topological polar surface area (TPSA) is 113 Å². The molecule has 0 aliphatic heterocycles. The van der Waals surface area contributed by atoms with Crippen LogP contribution in [-0.2, 0) is 21.4 Å². The van der Waals surface area contributed by atoms with Gasteiger partial charge in [-0.25, -0.2) is 9.59 Å². The Morgan fingerprint density at radius 3 is 1.33 bits per heavy atom. The van der Waals surface area contributed by atoms with Crippen LogP contribution in [0.15, 0.2) is 82.8 Å². The lowest BCUT2D eigenvalue weighted by molar-refractivity contribution is 0.384. The van der Waals surface area contributed by atoms with Gasteiger partial charge in [0.05, 0.1) is 11.4 Å². The van der Waals surface area contributed by atoms with Crippen molar-refractivity contribution in [1.82, 2.24) is 0 Å². The minimum absolute atomic E-state index is 0.362. The summed E-state index contributed by atoms with van der Waals surface area (Å²) < 4.78 is 17.6. The van der Waals surface area contributed by atoms with E-state index in [4.69, 9.17) is 31.1 Å². The summed E-state index contributed by atoms with van der Waals surface area (Å²) in [6.45, 7) is -3.38. The van der Waals surface area contributed by atoms with Gasteiger partial charge in [-0.15, -0.1) is 0 Å². The molecule has 0 atom stereocenters. The Hall–Kier alpha value is -3.73. The molecule has 0 spiro atoms. The number of hydrogen-bond acceptors (Lipinski definition) is 9. The zero-order chi connectivity index (χ0) is 21.4. The number of carbonyl (C=O) groups excluding carboxylic acids is 2. The van der Waals surface area contributed by atoms with Gasteiger partial charge >= 0.3 is 6.72 Å². The van der Waals surface area contributed by atoms with Gasteiger partial charge in [-0.05, 0) is 72.8 Å². The highest BCUT2D eigenvalue weighted by atomic mass is 32.5. The van der Waals surface area contributed by atoms with Gasteiger partial charge in [-0.2, -0.15) is 9.98 Å². The first kappa shape index (κ1) is 21.0. The van der Waals surface area contributed by atoms with Gasteiger partial charge in [-0.3, -0.25) is 0 Å². The molecule has 0 aliphatic carbocycles. The zero-order valence-electron chi connectivity index (χ0n) is 15.3. The number of nitrogens with two attached hydrogens (primary N) is 1. The molecule has 30 heavy (non-hydrogen) atoms. The number of isocyanates is 2. The Bertz CT molecular complexity index is 1090. The molecule has 3 aromatic rings. The molecule has 0 aromatic heterocycles. The summed E-state index contributed by atoms with van der Waals surface area (Å²) in [4.78, 5) is 27.8. The molecule has 0 aliphatic rings. The van der Waals surface area contributed by atoms with Gasteiger partial charge in [-0.1, -0.05) is 0 Å². The second kappa shape index (κ2) is 9.65. The molecule has 3 rings (SSSR count). The zero-order valence-corrected chi connectivity index (χ0v) is 17.0. The summed E-state index contributed by atoms with van der Waals surface area (Å²) in [5.74, 6) is 1.14. The highest BCUT2D eigenvalue weighted by Crippen LogP contribution is 2.50. The van der Waals surface area contributed by atoms with Crippen LogP contribution in [0.5, 0.6) is 17.2 Å². The average Bonchev–Trinajstić information content (AvgIpc) is 2.73. The third-order valence-electron chi connectivity index (χ3n) is 3.55. The van der Waals surface area contributed by atoms with Crippen LogP contribution in [0.1, 0.15) is 0 Å². The maximum Gasteiger partial charge on any atom is 0.490 e. The number of aliphatic imine (C=N–C) groups is 2. The average molecular weight is 439 g/mol. The number of benzene rings is 3. The van der Waals surface area contributed by atoms with E-state index in [-0.39, 0.29) is 0 Å². The fraction of sp³-hybridized carbons (Fsp3) is 0. The number of nitrogen functional groups attached to an aromatic ring is 1. The van der Waals surface area contributed by atoms with E-state index >= 15 is 0 Å². The Morgan fingerprint density at radius 1 is 0.667 bits per heavy atom. The normalized spacial score (nSPS) is 11.9. The van der Waals surface area contributed by atoms with Gasteiger partial charge < -0.3 is 19.3 Å². The number of hydrogen-bond donors (Lipinski definition) is 1. The summed E-state index contributed by atoms with van der Waals surface area (Å²) in [5.41, 5.74) is 7.10. The van der Waals surface area contributed by atoms with Crippen LogP contribution in [-0.4, -0.2) is 12.2 Å². The summed E-state index contributed by atoms with van der Waals surface area (Å²) in [5, 5.41) is 0. The van der Waals surface area contributed by atoms with Crippen LogP contribution < -0.4 is 19.3 Å². The summed E-state index contributed by atoms with van der Waals surface area (Å²) in [6, 6.07) is 19.2. The molecule has 0 unspecified atom stereocenters. The maximum absolute atomic E-state index is 10.4. The van der Waals surface area contributed by atoms with Crippen molar-refractivity contribution in [2.24, 2.45) is 9.98 Å². The van der Waals surface area contributed by atoms with Crippen molar-refractivity contribution in [3.05, 3.63) is 72.8 Å². The summed E-state index contributed by atoms with van der Waals surface area (Å²) in [6.07, 6.45) is 2.93. The third-order valence-corrected chi connectivity index (χ3v) is 5.53. The van der Waals surface area contributed by atoms with Crippen molar-refractivity contribution >= 4 is 47.7 Å². The fourth-order valence-corrected chi connectivity index (χ4v) is 4.27. The lowest BCUT2D eigenvalue weighted by Crippen LogP contribution is -2.07. The Morgan fingerprint density at radius 2 is 1.00 bits per heavy atom. The molecule has 0 bridgehead atoms. The molecule has 0 radical (unpaired) electrons. The van der Waals surface area contributed by atoms with Gasteiger partial charge in [0.25, 0.3) is 0 Å². The quantitative estimate of drug-likeness (QED) is 0.228. The van der Waals surface area contributed by atoms with E-state index in [0.717, 1.165) is 0 Å². The van der Waals surface area contributed by atoms with E-state index in [0.29, 0.717) is 34.3 Å². The molecule has 8 nitrogen and oxygen atoms in total. The Balaban J connectivity index is 1.88. The Kier molecular flexibility index (Phi) is 6.75. The van der Waals surface area contributed by atoms with Gasteiger partial charge in [0.2, 0.25) is 12.2 Å². The predicted octanol–water partition coefficient (Wildman–Crippen LogP) is 4.96. The Labute approximate surface area is 176 Å². The molecule has 0 fully saturated rings. The van der Waals surface area contributed by atoms with Crippen LogP contribution in [0.3, 0.4) is 0 Å². The molecular weight excluding hydrogens is 425 g/mol. The van der Waals surface area contributed by atoms with E-state index in [9.17, 15) is 9.59 Å². The highest BCUT2D eigenvalue weighted by Gasteiger charge is 2.27. The second-order valence-electron chi connectivity index (χ2n) is 5.68. The lowest BCUT2D eigenvalue weighted by Gasteiger charge is -2.23. The van der Waals surface area contributed by atoms with E-state index in [2.05, 4.69) is 9.98 Å². The minimum Gasteiger partial charge on any atom is -0.407 e. The van der Waals surface area contributed by atoms with Crippen molar-refractivity contribution < 1.29 is 23.2 Å². The van der Waals surface area contributed by atoms with E-state index in [1.165, 1.54) is 12.2 Å². The molecule has 10 heteroatoms. The van der Waals surface area contributed by atoms with Crippen molar-refractivity contribution in [2.45, 2.75) is 0 Å². The number of anilines is 1. The van der Waals surface area contributed by atoms with E-state index < -0.39 is 6.72 Å². The van der Waals surface area contributed by atoms with Crippen LogP contribution >= 0.6 is 6.72 Å². The fourth-order valence-electron chi connectivity index (χ4n) is 2.24. The lowest BCUT2D eigenvalue weighted by atomic mass is 10.3. The van der Waals surface area contributed by atoms with Crippen molar-refractivity contribution in [2.75, 3.05) is 5.73 Å². The van der Waals surface area contributed by atoms with Crippen LogP contribution in [0.4, 0.5) is 17.1 Å². The number of nitrogens with zero attached hydrogens (tertiary/aromatic N) is 2. The van der Waals surface area contributed by atoms with Gasteiger partial charge in [0, 0.05) is 17.5 Å². The van der Waals surface area contributed by atoms with Crippen LogP contribution in [0.25, 0.3) is 0 Å². The molecular formula is C20H14N3O5PS. The van der Waals surface area contributed by atoms with E-state index in [1.54, 1.807) is 72.8 Å². The molecule has 0 heterocycles. The first-order valence-corrected chi connectivity index (χ1v) is 11.0. The van der Waals surface area contributed by atoms with Crippen LogP contribution in [0, 0.1) is 0 Å². The molecule has 150 valence electrons. The smallest absolute Gasteiger partial charge is 0.407 e. The molecule has 0 saturated heterocycles. The highest BCUT2D eigenvalue weighted by molar-refractivity contribution is 8.08. The van der Waals surface area contributed by atoms with Gasteiger partial charge in [0.15, 0.2) is 0 Å². The van der Waals surface area contributed by atoms with Crippen molar-refractivity contribution in [1.29, 1.82) is 0 Å². The first-order chi connectivity index (χ1) is 14.5.